The van der Waals surface area contributed by atoms with Gasteiger partial charge < -0.3 is 9.80 Å². The van der Waals surface area contributed by atoms with E-state index in [4.69, 9.17) is 11.6 Å². The van der Waals surface area contributed by atoms with Gasteiger partial charge in [0.2, 0.25) is 0 Å². The highest BCUT2D eigenvalue weighted by atomic mass is 35.5. The Morgan fingerprint density at radius 1 is 0.452 bits per heavy atom. The van der Waals surface area contributed by atoms with Crippen LogP contribution in [0.2, 0.25) is 0 Å². The van der Waals surface area contributed by atoms with Gasteiger partial charge in [-0.2, -0.15) is 0 Å². The summed E-state index contributed by atoms with van der Waals surface area (Å²) in [5.74, 6) is 0.479. The van der Waals surface area contributed by atoms with Crippen LogP contribution in [0.5, 0.6) is 0 Å². The maximum atomic E-state index is 6.17. The number of hydrogen-bond donors (Lipinski definition) is 0. The molecule has 6 rings (SSSR count). The van der Waals surface area contributed by atoms with Crippen molar-refractivity contribution in [1.29, 1.82) is 0 Å². The van der Waals surface area contributed by atoms with Crippen LogP contribution in [0.3, 0.4) is 0 Å². The molecule has 0 aliphatic rings. The lowest BCUT2D eigenvalue weighted by molar-refractivity contribution is 1.26. The molecule has 0 fully saturated rings. The van der Waals surface area contributed by atoms with Crippen molar-refractivity contribution >= 4 is 51.8 Å². The molecule has 0 heterocycles. The average molecular weight is 563 g/mol. The molecule has 0 spiro atoms. The van der Waals surface area contributed by atoms with Crippen LogP contribution in [0.25, 0.3) is 17.2 Å². The van der Waals surface area contributed by atoms with E-state index in [0.717, 1.165) is 56.4 Å². The van der Waals surface area contributed by atoms with Gasteiger partial charge in [0.05, 0.1) is 0 Å². The number of hydrogen-bond acceptors (Lipinski definition) is 2. The molecule has 204 valence electrons. The maximum Gasteiger partial charge on any atom is 0.0474 e. The van der Waals surface area contributed by atoms with Crippen LogP contribution in [-0.2, 0) is 5.88 Å². The fraction of sp³-hybridized carbons (Fsp3) is 0.0256. The molecule has 0 atom stereocenters. The number of halogens is 1. The van der Waals surface area contributed by atoms with Crippen LogP contribution in [0.15, 0.2) is 164 Å². The fourth-order valence-electron chi connectivity index (χ4n) is 5.22. The van der Waals surface area contributed by atoms with Crippen LogP contribution >= 0.6 is 11.6 Å². The van der Waals surface area contributed by atoms with Gasteiger partial charge in [0, 0.05) is 40.0 Å². The van der Waals surface area contributed by atoms with E-state index >= 15 is 0 Å². The summed E-state index contributed by atoms with van der Waals surface area (Å²) in [6.45, 7) is 3.95. The van der Waals surface area contributed by atoms with E-state index in [1.807, 2.05) is 18.2 Å². The predicted molar refractivity (Wildman–Crippen MR) is 181 cm³/mol. The maximum absolute atomic E-state index is 6.17. The second-order valence-electron chi connectivity index (χ2n) is 10.0. The van der Waals surface area contributed by atoms with Crippen molar-refractivity contribution in [3.63, 3.8) is 0 Å². The quantitative estimate of drug-likeness (QED) is 0.162. The number of alkyl halides is 1. The summed E-state index contributed by atoms with van der Waals surface area (Å²) in [5.41, 5.74) is 11.1. The first-order valence-corrected chi connectivity index (χ1v) is 14.6. The van der Waals surface area contributed by atoms with Gasteiger partial charge in [0.15, 0.2) is 0 Å². The van der Waals surface area contributed by atoms with E-state index < -0.39 is 0 Å². The molecular formula is C39H31ClN2. The Morgan fingerprint density at radius 3 is 1.36 bits per heavy atom. The summed E-state index contributed by atoms with van der Waals surface area (Å²) in [4.78, 5) is 4.53. The lowest BCUT2D eigenvalue weighted by atomic mass is 10.0. The highest BCUT2D eigenvalue weighted by Gasteiger charge is 2.15. The Balaban J connectivity index is 1.32. The summed E-state index contributed by atoms with van der Waals surface area (Å²) in [5, 5.41) is 0. The first kappa shape index (κ1) is 27.1. The summed E-state index contributed by atoms with van der Waals surface area (Å²) < 4.78 is 0. The largest absolute Gasteiger partial charge is 0.310 e. The van der Waals surface area contributed by atoms with E-state index in [1.165, 1.54) is 0 Å². The SMILES string of the molecule is C=Cc1cccc(N(c2ccccc2)c2ccc(-c3ccc(N(c4ccccc4)c4cccc(CCl)c4)cc3)cc2)c1. The molecule has 0 saturated carbocycles. The Bertz CT molecular complexity index is 1760. The normalized spacial score (nSPS) is 10.7. The van der Waals surface area contributed by atoms with E-state index in [0.29, 0.717) is 5.88 Å². The molecule has 0 aliphatic heterocycles. The molecule has 0 N–H and O–H groups in total. The first-order chi connectivity index (χ1) is 20.7. The van der Waals surface area contributed by atoms with Gasteiger partial charge in [-0.15, -0.1) is 11.6 Å². The van der Waals surface area contributed by atoms with Gasteiger partial charge in [-0.25, -0.2) is 0 Å². The third kappa shape index (κ3) is 5.85. The number of anilines is 6. The summed E-state index contributed by atoms with van der Waals surface area (Å²) in [6, 6.07) is 55.2. The highest BCUT2D eigenvalue weighted by Crippen LogP contribution is 2.38. The van der Waals surface area contributed by atoms with Crippen molar-refractivity contribution in [2.24, 2.45) is 0 Å². The van der Waals surface area contributed by atoms with E-state index in [1.54, 1.807) is 0 Å². The Hall–Kier alpha value is -5.05. The van der Waals surface area contributed by atoms with Gasteiger partial charge in [0.1, 0.15) is 0 Å². The van der Waals surface area contributed by atoms with Crippen LogP contribution < -0.4 is 9.80 Å². The van der Waals surface area contributed by atoms with E-state index in [2.05, 4.69) is 162 Å². The third-order valence-corrected chi connectivity index (χ3v) is 7.61. The van der Waals surface area contributed by atoms with E-state index in [-0.39, 0.29) is 0 Å². The Morgan fingerprint density at radius 2 is 0.881 bits per heavy atom. The van der Waals surface area contributed by atoms with Crippen LogP contribution in [-0.4, -0.2) is 0 Å². The molecule has 6 aromatic rings. The number of rotatable bonds is 9. The Labute approximate surface area is 253 Å². The lowest BCUT2D eigenvalue weighted by Gasteiger charge is -2.26. The topological polar surface area (TPSA) is 6.48 Å². The average Bonchev–Trinajstić information content (AvgIpc) is 3.07. The van der Waals surface area contributed by atoms with Gasteiger partial charge in [0.25, 0.3) is 0 Å². The molecule has 0 aliphatic carbocycles. The monoisotopic (exact) mass is 562 g/mol. The summed E-state index contributed by atoms with van der Waals surface area (Å²) in [6.07, 6.45) is 1.88. The number of para-hydroxylation sites is 2. The molecule has 0 unspecified atom stereocenters. The minimum absolute atomic E-state index is 0.479. The Kier molecular flexibility index (Phi) is 8.16. The zero-order valence-corrected chi connectivity index (χ0v) is 24.0. The van der Waals surface area contributed by atoms with Gasteiger partial charge in [-0.3, -0.25) is 0 Å². The minimum Gasteiger partial charge on any atom is -0.310 e. The molecule has 0 saturated heterocycles. The molecule has 3 heteroatoms. The van der Waals surface area contributed by atoms with Crippen molar-refractivity contribution < 1.29 is 0 Å². The first-order valence-electron chi connectivity index (χ1n) is 14.0. The van der Waals surface area contributed by atoms with Crippen molar-refractivity contribution in [2.45, 2.75) is 5.88 Å². The van der Waals surface area contributed by atoms with Crippen molar-refractivity contribution in [3.05, 3.63) is 175 Å². The number of benzene rings is 6. The zero-order chi connectivity index (χ0) is 28.7. The molecular weight excluding hydrogens is 532 g/mol. The van der Waals surface area contributed by atoms with Gasteiger partial charge in [-0.1, -0.05) is 97.6 Å². The van der Waals surface area contributed by atoms with Crippen molar-refractivity contribution in [3.8, 4) is 11.1 Å². The second kappa shape index (κ2) is 12.6. The third-order valence-electron chi connectivity index (χ3n) is 7.30. The van der Waals surface area contributed by atoms with Crippen molar-refractivity contribution in [2.75, 3.05) is 9.80 Å². The minimum atomic E-state index is 0.479. The molecule has 0 amide bonds. The second-order valence-corrected chi connectivity index (χ2v) is 10.3. The predicted octanol–water partition coefficient (Wildman–Crippen LogP) is 11.7. The molecule has 2 nitrogen and oxygen atoms in total. The molecule has 6 aromatic carbocycles. The zero-order valence-electron chi connectivity index (χ0n) is 23.3. The number of nitrogens with zero attached hydrogens (tertiary/aromatic N) is 2. The van der Waals surface area contributed by atoms with Gasteiger partial charge >= 0.3 is 0 Å². The molecule has 0 bridgehead atoms. The van der Waals surface area contributed by atoms with Crippen LogP contribution in [0.4, 0.5) is 34.1 Å². The fourth-order valence-corrected chi connectivity index (χ4v) is 5.39. The summed E-state index contributed by atoms with van der Waals surface area (Å²) >= 11 is 6.17. The highest BCUT2D eigenvalue weighted by molar-refractivity contribution is 6.17. The lowest BCUT2D eigenvalue weighted by Crippen LogP contribution is -2.10. The van der Waals surface area contributed by atoms with Crippen LogP contribution in [0.1, 0.15) is 11.1 Å². The van der Waals surface area contributed by atoms with Gasteiger partial charge in [-0.05, 0) is 95.1 Å². The molecule has 0 aromatic heterocycles. The smallest absolute Gasteiger partial charge is 0.0474 e. The van der Waals surface area contributed by atoms with Crippen LogP contribution in [0, 0.1) is 0 Å². The molecule has 0 radical (unpaired) electrons. The van der Waals surface area contributed by atoms with Crippen molar-refractivity contribution in [1.82, 2.24) is 0 Å². The summed E-state index contributed by atoms with van der Waals surface area (Å²) in [7, 11) is 0. The molecule has 42 heavy (non-hydrogen) atoms. The standard InChI is InChI=1S/C39H31ClN2/c1-2-30-11-9-17-38(27-30)41(34-13-5-3-6-14-34)36-23-19-32(20-24-36)33-21-25-37(26-22-33)42(35-15-7-4-8-16-35)39-18-10-12-31(28-39)29-40/h2-28H,1,29H2. The van der Waals surface area contributed by atoms with E-state index in [9.17, 15) is 0 Å².